The van der Waals surface area contributed by atoms with Crippen LogP contribution in [0.2, 0.25) is 0 Å². The number of ether oxygens (including phenoxy) is 1. The van der Waals surface area contributed by atoms with Crippen LogP contribution in [0.1, 0.15) is 48.9 Å². The van der Waals surface area contributed by atoms with Crippen LogP contribution in [0.15, 0.2) is 24.3 Å². The van der Waals surface area contributed by atoms with E-state index in [4.69, 9.17) is 4.74 Å². The topological polar surface area (TPSA) is 60.2 Å². The third kappa shape index (κ3) is 2.79. The van der Waals surface area contributed by atoms with Gasteiger partial charge in [0.1, 0.15) is 17.4 Å². The molecule has 3 atom stereocenters. The van der Waals surface area contributed by atoms with E-state index >= 15 is 0 Å². The van der Waals surface area contributed by atoms with Gasteiger partial charge >= 0.3 is 0 Å². The molecule has 25 heavy (non-hydrogen) atoms. The van der Waals surface area contributed by atoms with Crippen molar-refractivity contribution in [2.45, 2.75) is 51.7 Å². The molecule has 0 saturated carbocycles. The van der Waals surface area contributed by atoms with Crippen molar-refractivity contribution in [3.05, 3.63) is 41.5 Å². The fourth-order valence-corrected chi connectivity index (χ4v) is 4.05. The molecule has 0 N–H and O–H groups in total. The molecule has 4 rings (SSSR count). The number of para-hydroxylation sites is 1. The van der Waals surface area contributed by atoms with Crippen LogP contribution in [0.5, 0.6) is 5.75 Å². The van der Waals surface area contributed by atoms with Crippen LogP contribution < -0.4 is 4.74 Å². The van der Waals surface area contributed by atoms with Gasteiger partial charge in [0.15, 0.2) is 6.10 Å². The Labute approximate surface area is 147 Å². The second kappa shape index (κ2) is 6.17. The third-order valence-electron chi connectivity index (χ3n) is 5.32. The Morgan fingerprint density at radius 2 is 2.08 bits per heavy atom. The van der Waals surface area contributed by atoms with E-state index in [9.17, 15) is 4.79 Å². The van der Waals surface area contributed by atoms with E-state index in [1.807, 2.05) is 47.7 Å². The zero-order valence-corrected chi connectivity index (χ0v) is 15.0. The van der Waals surface area contributed by atoms with Crippen molar-refractivity contribution in [2.75, 3.05) is 13.1 Å². The Balaban J connectivity index is 1.50. The summed E-state index contributed by atoms with van der Waals surface area (Å²) < 4.78 is 7.95. The maximum atomic E-state index is 13.1. The Morgan fingerprint density at radius 1 is 1.28 bits per heavy atom. The SMILES string of the molecule is Cc1nc(C)n([C@@H]2CCCN(C(=O)[C@@H]3Oc4ccccc4[C@H]3C)C2)n1. The lowest BCUT2D eigenvalue weighted by atomic mass is 9.96. The van der Waals surface area contributed by atoms with Gasteiger partial charge in [-0.05, 0) is 32.8 Å². The number of rotatable bonds is 2. The number of piperidine rings is 1. The van der Waals surface area contributed by atoms with Crippen molar-refractivity contribution in [1.82, 2.24) is 19.7 Å². The Morgan fingerprint density at radius 3 is 2.80 bits per heavy atom. The van der Waals surface area contributed by atoms with Gasteiger partial charge in [0.05, 0.1) is 6.04 Å². The Hall–Kier alpha value is -2.37. The minimum atomic E-state index is -0.422. The Bertz CT molecular complexity index is 800. The van der Waals surface area contributed by atoms with Crippen LogP contribution in [0.25, 0.3) is 0 Å². The van der Waals surface area contributed by atoms with E-state index in [-0.39, 0.29) is 17.9 Å². The highest BCUT2D eigenvalue weighted by Gasteiger charge is 2.40. The summed E-state index contributed by atoms with van der Waals surface area (Å²) in [5, 5.41) is 4.51. The zero-order valence-electron chi connectivity index (χ0n) is 15.0. The van der Waals surface area contributed by atoms with Crippen LogP contribution in [-0.2, 0) is 4.79 Å². The van der Waals surface area contributed by atoms with Gasteiger partial charge in [-0.15, -0.1) is 0 Å². The predicted octanol–water partition coefficient (Wildman–Crippen LogP) is 2.62. The quantitative estimate of drug-likeness (QED) is 0.843. The molecule has 0 radical (unpaired) electrons. The summed E-state index contributed by atoms with van der Waals surface area (Å²) in [4.78, 5) is 19.4. The molecule has 132 valence electrons. The fourth-order valence-electron chi connectivity index (χ4n) is 4.05. The first-order chi connectivity index (χ1) is 12.0. The first kappa shape index (κ1) is 16.1. The fraction of sp³-hybridized carbons (Fsp3) is 0.526. The second-order valence-electron chi connectivity index (χ2n) is 7.10. The van der Waals surface area contributed by atoms with Gasteiger partial charge in [-0.2, -0.15) is 5.10 Å². The second-order valence-corrected chi connectivity index (χ2v) is 7.10. The molecule has 0 spiro atoms. The average molecular weight is 340 g/mol. The summed E-state index contributed by atoms with van der Waals surface area (Å²) in [5.41, 5.74) is 1.12. The minimum Gasteiger partial charge on any atom is -0.480 e. The molecule has 2 aromatic rings. The maximum Gasteiger partial charge on any atom is 0.264 e. The molecule has 3 heterocycles. The number of likely N-dealkylation sites (tertiary alicyclic amines) is 1. The lowest BCUT2D eigenvalue weighted by molar-refractivity contribution is -0.140. The first-order valence-corrected chi connectivity index (χ1v) is 8.98. The maximum absolute atomic E-state index is 13.1. The summed E-state index contributed by atoms with van der Waals surface area (Å²) in [7, 11) is 0. The van der Waals surface area contributed by atoms with Crippen molar-refractivity contribution in [1.29, 1.82) is 0 Å². The molecule has 0 bridgehead atoms. The van der Waals surface area contributed by atoms with E-state index in [1.165, 1.54) is 0 Å². The van der Waals surface area contributed by atoms with Crippen molar-refractivity contribution in [3.8, 4) is 5.75 Å². The van der Waals surface area contributed by atoms with Crippen molar-refractivity contribution < 1.29 is 9.53 Å². The molecule has 1 aromatic carbocycles. The van der Waals surface area contributed by atoms with Gasteiger partial charge in [-0.1, -0.05) is 25.1 Å². The molecule has 6 heteroatoms. The first-order valence-electron chi connectivity index (χ1n) is 8.98. The van der Waals surface area contributed by atoms with Crippen LogP contribution in [0.4, 0.5) is 0 Å². The van der Waals surface area contributed by atoms with E-state index < -0.39 is 6.10 Å². The monoisotopic (exact) mass is 340 g/mol. The summed E-state index contributed by atoms with van der Waals surface area (Å²) in [6.07, 6.45) is 1.58. The molecule has 0 aliphatic carbocycles. The molecule has 2 aliphatic heterocycles. The smallest absolute Gasteiger partial charge is 0.264 e. The van der Waals surface area contributed by atoms with Crippen LogP contribution in [0.3, 0.4) is 0 Å². The number of nitrogens with zero attached hydrogens (tertiary/aromatic N) is 4. The normalized spacial score (nSPS) is 25.6. The largest absolute Gasteiger partial charge is 0.480 e. The molecule has 1 saturated heterocycles. The molecule has 1 fully saturated rings. The van der Waals surface area contributed by atoms with Crippen LogP contribution in [-0.4, -0.2) is 44.8 Å². The van der Waals surface area contributed by atoms with E-state index in [2.05, 4.69) is 17.0 Å². The van der Waals surface area contributed by atoms with Gasteiger partial charge < -0.3 is 9.64 Å². The van der Waals surface area contributed by atoms with Crippen molar-refractivity contribution >= 4 is 5.91 Å². The molecular weight excluding hydrogens is 316 g/mol. The molecular formula is C19H24N4O2. The zero-order chi connectivity index (χ0) is 17.6. The third-order valence-corrected chi connectivity index (χ3v) is 5.32. The highest BCUT2D eigenvalue weighted by molar-refractivity contribution is 5.83. The molecule has 6 nitrogen and oxygen atoms in total. The number of aryl methyl sites for hydroxylation is 2. The number of benzene rings is 1. The number of hydrogen-bond donors (Lipinski definition) is 0. The summed E-state index contributed by atoms with van der Waals surface area (Å²) in [6.45, 7) is 7.40. The highest BCUT2D eigenvalue weighted by Crippen LogP contribution is 2.38. The Kier molecular flexibility index (Phi) is 3.98. The average Bonchev–Trinajstić information content (AvgIpc) is 3.14. The number of hydrogen-bond acceptors (Lipinski definition) is 4. The molecule has 0 unspecified atom stereocenters. The number of carbonyl (C=O) groups is 1. The van der Waals surface area contributed by atoms with E-state index in [0.717, 1.165) is 42.3 Å². The number of carbonyl (C=O) groups excluding carboxylic acids is 1. The van der Waals surface area contributed by atoms with Gasteiger partial charge in [0.2, 0.25) is 0 Å². The predicted molar refractivity (Wildman–Crippen MR) is 93.6 cm³/mol. The standard InChI is InChI=1S/C19H24N4O2/c1-12-16-8-4-5-9-17(16)25-18(12)19(24)22-10-6-7-15(11-22)23-14(3)20-13(2)21-23/h4-5,8-9,12,15,18H,6-7,10-11H2,1-3H3/t12-,15-,18-/m1/s1. The molecule has 1 aromatic heterocycles. The van der Waals surface area contributed by atoms with Gasteiger partial charge in [-0.3, -0.25) is 4.79 Å². The highest BCUT2D eigenvalue weighted by atomic mass is 16.5. The summed E-state index contributed by atoms with van der Waals surface area (Å²) >= 11 is 0. The van der Waals surface area contributed by atoms with E-state index in [1.54, 1.807) is 0 Å². The lowest BCUT2D eigenvalue weighted by Crippen LogP contribution is -2.47. The summed E-state index contributed by atoms with van der Waals surface area (Å²) in [5.74, 6) is 2.70. The number of aromatic nitrogens is 3. The van der Waals surface area contributed by atoms with Crippen LogP contribution >= 0.6 is 0 Å². The molecule has 1 amide bonds. The van der Waals surface area contributed by atoms with Gasteiger partial charge in [0.25, 0.3) is 5.91 Å². The van der Waals surface area contributed by atoms with Gasteiger partial charge in [-0.25, -0.2) is 9.67 Å². The number of fused-ring (bicyclic) bond motifs is 1. The van der Waals surface area contributed by atoms with Gasteiger partial charge in [0, 0.05) is 24.6 Å². The van der Waals surface area contributed by atoms with Crippen molar-refractivity contribution in [3.63, 3.8) is 0 Å². The van der Waals surface area contributed by atoms with Crippen LogP contribution in [0, 0.1) is 13.8 Å². The van der Waals surface area contributed by atoms with Crippen molar-refractivity contribution in [2.24, 2.45) is 0 Å². The summed E-state index contributed by atoms with van der Waals surface area (Å²) in [6, 6.07) is 8.13. The molecule has 2 aliphatic rings. The number of amides is 1. The lowest BCUT2D eigenvalue weighted by Gasteiger charge is -2.35. The van der Waals surface area contributed by atoms with E-state index in [0.29, 0.717) is 6.54 Å². The minimum absolute atomic E-state index is 0.0828.